The molecule has 0 bridgehead atoms. The second-order valence-corrected chi connectivity index (χ2v) is 7.83. The SMILES string of the molecule is CN=C(NCc1cccs1)NCc1c(Cl)cccc1N1CCN(C)CC1.I. The molecule has 1 aliphatic heterocycles. The summed E-state index contributed by atoms with van der Waals surface area (Å²) in [5.74, 6) is 0.780. The number of aliphatic imine (C=N–C) groups is 1. The summed E-state index contributed by atoms with van der Waals surface area (Å²) >= 11 is 8.26. The summed E-state index contributed by atoms with van der Waals surface area (Å²) in [7, 11) is 3.96. The van der Waals surface area contributed by atoms with E-state index in [4.69, 9.17) is 11.6 Å². The number of hydrogen-bond acceptors (Lipinski definition) is 4. The number of rotatable bonds is 5. The summed E-state index contributed by atoms with van der Waals surface area (Å²) in [6.45, 7) is 5.61. The van der Waals surface area contributed by atoms with Crippen LogP contribution in [0, 0.1) is 0 Å². The van der Waals surface area contributed by atoms with Crippen molar-refractivity contribution < 1.29 is 0 Å². The van der Waals surface area contributed by atoms with Gasteiger partial charge in [-0.1, -0.05) is 23.7 Å². The van der Waals surface area contributed by atoms with Crippen molar-refractivity contribution in [3.05, 3.63) is 51.2 Å². The average Bonchev–Trinajstić information content (AvgIpc) is 3.17. The monoisotopic (exact) mass is 519 g/mol. The Morgan fingerprint density at radius 2 is 1.85 bits per heavy atom. The first kappa shape index (κ1) is 22.3. The molecular formula is C19H27ClIN5S. The van der Waals surface area contributed by atoms with E-state index in [-0.39, 0.29) is 24.0 Å². The molecule has 0 unspecified atom stereocenters. The van der Waals surface area contributed by atoms with E-state index in [1.807, 2.05) is 12.1 Å². The summed E-state index contributed by atoms with van der Waals surface area (Å²) in [5, 5.41) is 9.63. The molecule has 1 saturated heterocycles. The van der Waals surface area contributed by atoms with Crippen LogP contribution in [0.2, 0.25) is 5.02 Å². The van der Waals surface area contributed by atoms with Gasteiger partial charge in [-0.3, -0.25) is 4.99 Å². The van der Waals surface area contributed by atoms with Gasteiger partial charge in [0.25, 0.3) is 0 Å². The molecule has 0 spiro atoms. The zero-order chi connectivity index (χ0) is 18.4. The molecule has 0 amide bonds. The Bertz CT molecular complexity index is 730. The lowest BCUT2D eigenvalue weighted by Gasteiger charge is -2.35. The number of piperazine rings is 1. The van der Waals surface area contributed by atoms with Gasteiger partial charge in [0, 0.05) is 60.9 Å². The van der Waals surface area contributed by atoms with E-state index < -0.39 is 0 Å². The molecule has 27 heavy (non-hydrogen) atoms. The number of benzene rings is 1. The summed E-state index contributed by atoms with van der Waals surface area (Å²) in [4.78, 5) is 10.4. The Kier molecular flexibility index (Phi) is 9.14. The van der Waals surface area contributed by atoms with Crippen LogP contribution >= 0.6 is 46.9 Å². The molecule has 148 valence electrons. The van der Waals surface area contributed by atoms with Gasteiger partial charge in [-0.05, 0) is 30.6 Å². The quantitative estimate of drug-likeness (QED) is 0.360. The van der Waals surface area contributed by atoms with Crippen molar-refractivity contribution in [1.29, 1.82) is 0 Å². The molecule has 5 nitrogen and oxygen atoms in total. The first-order valence-electron chi connectivity index (χ1n) is 8.85. The summed E-state index contributed by atoms with van der Waals surface area (Å²) < 4.78 is 0. The molecule has 2 aromatic rings. The van der Waals surface area contributed by atoms with Gasteiger partial charge in [-0.25, -0.2) is 0 Å². The van der Waals surface area contributed by atoms with Crippen LogP contribution in [0.4, 0.5) is 5.69 Å². The highest BCUT2D eigenvalue weighted by atomic mass is 127. The number of anilines is 1. The van der Waals surface area contributed by atoms with Crippen molar-refractivity contribution >= 4 is 58.6 Å². The molecule has 3 rings (SSSR count). The minimum absolute atomic E-state index is 0. The molecular weight excluding hydrogens is 493 g/mol. The van der Waals surface area contributed by atoms with Crippen molar-refractivity contribution in [1.82, 2.24) is 15.5 Å². The molecule has 8 heteroatoms. The summed E-state index contributed by atoms with van der Waals surface area (Å²) in [6, 6.07) is 10.3. The predicted molar refractivity (Wildman–Crippen MR) is 128 cm³/mol. The Hall–Kier alpha value is -1.03. The third-order valence-electron chi connectivity index (χ3n) is 4.60. The van der Waals surface area contributed by atoms with Crippen LogP contribution in [0.25, 0.3) is 0 Å². The molecule has 0 atom stereocenters. The molecule has 0 saturated carbocycles. The number of hydrogen-bond donors (Lipinski definition) is 2. The average molecular weight is 520 g/mol. The van der Waals surface area contributed by atoms with Crippen LogP contribution in [0.5, 0.6) is 0 Å². The van der Waals surface area contributed by atoms with Gasteiger partial charge in [0.05, 0.1) is 6.54 Å². The van der Waals surface area contributed by atoms with E-state index >= 15 is 0 Å². The van der Waals surface area contributed by atoms with Crippen LogP contribution < -0.4 is 15.5 Å². The largest absolute Gasteiger partial charge is 0.369 e. The Morgan fingerprint density at radius 1 is 1.11 bits per heavy atom. The van der Waals surface area contributed by atoms with E-state index in [2.05, 4.69) is 56.1 Å². The first-order valence-corrected chi connectivity index (χ1v) is 10.1. The van der Waals surface area contributed by atoms with E-state index in [9.17, 15) is 0 Å². The van der Waals surface area contributed by atoms with Crippen LogP contribution in [-0.2, 0) is 13.1 Å². The lowest BCUT2D eigenvalue weighted by atomic mass is 10.1. The van der Waals surface area contributed by atoms with E-state index in [1.54, 1.807) is 18.4 Å². The van der Waals surface area contributed by atoms with E-state index in [1.165, 1.54) is 10.6 Å². The minimum Gasteiger partial charge on any atom is -0.369 e. The molecule has 1 aromatic heterocycles. The number of guanidine groups is 1. The number of halogens is 2. The predicted octanol–water partition coefficient (Wildman–Crippen LogP) is 3.64. The fraction of sp³-hybridized carbons (Fsp3) is 0.421. The third kappa shape index (κ3) is 6.23. The first-order chi connectivity index (χ1) is 12.7. The highest BCUT2D eigenvalue weighted by Crippen LogP contribution is 2.28. The standard InChI is InChI=1S/C19H26ClN5S.HI/c1-21-19(22-13-15-5-4-12-26-15)23-14-16-17(20)6-3-7-18(16)25-10-8-24(2)9-11-25;/h3-7,12H,8-11,13-14H2,1-2H3,(H2,21,22,23);1H. The summed E-state index contributed by atoms with van der Waals surface area (Å²) in [6.07, 6.45) is 0. The lowest BCUT2D eigenvalue weighted by Crippen LogP contribution is -2.45. The molecule has 0 radical (unpaired) electrons. The smallest absolute Gasteiger partial charge is 0.191 e. The fourth-order valence-corrected chi connectivity index (χ4v) is 3.92. The van der Waals surface area contributed by atoms with Gasteiger partial charge < -0.3 is 20.4 Å². The minimum atomic E-state index is 0. The van der Waals surface area contributed by atoms with E-state index in [0.29, 0.717) is 6.54 Å². The van der Waals surface area contributed by atoms with Gasteiger partial charge in [0.2, 0.25) is 0 Å². The maximum atomic E-state index is 6.53. The number of nitrogens with one attached hydrogen (secondary N) is 2. The maximum absolute atomic E-state index is 6.53. The van der Waals surface area contributed by atoms with Crippen LogP contribution in [0.1, 0.15) is 10.4 Å². The molecule has 1 aromatic carbocycles. The van der Waals surface area contributed by atoms with Gasteiger partial charge in [0.1, 0.15) is 0 Å². The Balaban J connectivity index is 0.00000261. The maximum Gasteiger partial charge on any atom is 0.191 e. The van der Waals surface area contributed by atoms with Crippen LogP contribution in [0.3, 0.4) is 0 Å². The van der Waals surface area contributed by atoms with Crippen molar-refractivity contribution in [3.8, 4) is 0 Å². The Labute approximate surface area is 187 Å². The Morgan fingerprint density at radius 3 is 2.52 bits per heavy atom. The second-order valence-electron chi connectivity index (χ2n) is 6.39. The zero-order valence-corrected chi connectivity index (χ0v) is 19.6. The van der Waals surface area contributed by atoms with Crippen molar-refractivity contribution in [2.45, 2.75) is 13.1 Å². The molecule has 1 aliphatic rings. The highest BCUT2D eigenvalue weighted by molar-refractivity contribution is 14.0. The topological polar surface area (TPSA) is 42.9 Å². The number of thiophene rings is 1. The van der Waals surface area contributed by atoms with Crippen molar-refractivity contribution in [2.24, 2.45) is 4.99 Å². The molecule has 2 heterocycles. The third-order valence-corrected chi connectivity index (χ3v) is 5.83. The van der Waals surface area contributed by atoms with Crippen molar-refractivity contribution in [3.63, 3.8) is 0 Å². The molecule has 1 fully saturated rings. The van der Waals surface area contributed by atoms with Gasteiger partial charge in [-0.15, -0.1) is 35.3 Å². The normalized spacial score (nSPS) is 15.4. The van der Waals surface area contributed by atoms with Gasteiger partial charge in [-0.2, -0.15) is 0 Å². The van der Waals surface area contributed by atoms with E-state index in [0.717, 1.165) is 49.3 Å². The number of nitrogens with zero attached hydrogens (tertiary/aromatic N) is 3. The van der Waals surface area contributed by atoms with Crippen molar-refractivity contribution in [2.75, 3.05) is 45.2 Å². The van der Waals surface area contributed by atoms with Crippen LogP contribution in [0.15, 0.2) is 40.7 Å². The van der Waals surface area contributed by atoms with Crippen LogP contribution in [-0.4, -0.2) is 51.1 Å². The lowest BCUT2D eigenvalue weighted by molar-refractivity contribution is 0.312. The summed E-state index contributed by atoms with van der Waals surface area (Å²) in [5.41, 5.74) is 2.34. The highest BCUT2D eigenvalue weighted by Gasteiger charge is 2.18. The van der Waals surface area contributed by atoms with Gasteiger partial charge in [0.15, 0.2) is 5.96 Å². The fourth-order valence-electron chi connectivity index (χ4n) is 3.04. The zero-order valence-electron chi connectivity index (χ0n) is 15.7. The number of likely N-dealkylation sites (N-methyl/N-ethyl adjacent to an activating group) is 1. The molecule has 2 N–H and O–H groups in total. The van der Waals surface area contributed by atoms with Gasteiger partial charge >= 0.3 is 0 Å². The molecule has 0 aliphatic carbocycles. The second kappa shape index (κ2) is 11.1.